The van der Waals surface area contributed by atoms with Crippen LogP contribution in [0, 0.1) is 5.82 Å². The Kier molecular flexibility index (Phi) is 8.03. The number of benzene rings is 3. The molecule has 6 nitrogen and oxygen atoms in total. The minimum absolute atomic E-state index is 0.0371. The minimum Gasteiger partial charge on any atom is -0.484 e. The molecule has 1 fully saturated rings. The van der Waals surface area contributed by atoms with Gasteiger partial charge < -0.3 is 19.9 Å². The van der Waals surface area contributed by atoms with Crippen LogP contribution < -0.4 is 15.0 Å². The van der Waals surface area contributed by atoms with Crippen molar-refractivity contribution in [1.82, 2.24) is 4.90 Å². The van der Waals surface area contributed by atoms with E-state index < -0.39 is 5.82 Å². The largest absolute Gasteiger partial charge is 0.484 e. The highest BCUT2D eigenvalue weighted by Gasteiger charge is 2.25. The molecule has 0 saturated carbocycles. The number of ether oxygens (including phenoxy) is 1. The first kappa shape index (κ1) is 26.5. The molecule has 4 rings (SSSR count). The zero-order valence-electron chi connectivity index (χ0n) is 21.3. The van der Waals surface area contributed by atoms with E-state index in [4.69, 9.17) is 16.3 Å². The topological polar surface area (TPSA) is 61.9 Å². The van der Waals surface area contributed by atoms with Crippen molar-refractivity contribution in [1.29, 1.82) is 0 Å². The highest BCUT2D eigenvalue weighted by atomic mass is 35.5. The average molecular weight is 524 g/mol. The Morgan fingerprint density at radius 3 is 2.30 bits per heavy atom. The normalized spacial score (nSPS) is 13.9. The third kappa shape index (κ3) is 6.60. The Balaban J connectivity index is 1.37. The molecule has 0 aliphatic carbocycles. The Hall–Kier alpha value is -3.58. The lowest BCUT2D eigenvalue weighted by Crippen LogP contribution is -2.49. The molecule has 37 heavy (non-hydrogen) atoms. The summed E-state index contributed by atoms with van der Waals surface area (Å²) in [5.74, 6) is -0.540. The van der Waals surface area contributed by atoms with Gasteiger partial charge in [0.05, 0.1) is 16.9 Å². The van der Waals surface area contributed by atoms with Gasteiger partial charge in [0.2, 0.25) is 0 Å². The third-order valence-corrected chi connectivity index (χ3v) is 6.57. The molecular formula is C29H31ClFN3O3. The number of nitrogens with zero attached hydrogens (tertiary/aromatic N) is 2. The van der Waals surface area contributed by atoms with Crippen LogP contribution in [-0.2, 0) is 10.2 Å². The van der Waals surface area contributed by atoms with Crippen LogP contribution in [-0.4, -0.2) is 49.5 Å². The highest BCUT2D eigenvalue weighted by Crippen LogP contribution is 2.30. The lowest BCUT2D eigenvalue weighted by atomic mass is 9.87. The van der Waals surface area contributed by atoms with Crippen molar-refractivity contribution in [3.8, 4) is 5.75 Å². The van der Waals surface area contributed by atoms with Gasteiger partial charge in [0.15, 0.2) is 6.61 Å². The zero-order valence-corrected chi connectivity index (χ0v) is 22.0. The van der Waals surface area contributed by atoms with Crippen molar-refractivity contribution in [3.05, 3.63) is 88.7 Å². The van der Waals surface area contributed by atoms with Crippen LogP contribution in [0.25, 0.3) is 0 Å². The Morgan fingerprint density at radius 1 is 0.973 bits per heavy atom. The van der Waals surface area contributed by atoms with Crippen LogP contribution in [0.15, 0.2) is 66.7 Å². The van der Waals surface area contributed by atoms with E-state index in [1.807, 2.05) is 30.3 Å². The van der Waals surface area contributed by atoms with Gasteiger partial charge >= 0.3 is 0 Å². The van der Waals surface area contributed by atoms with E-state index in [2.05, 4.69) is 31.0 Å². The molecule has 0 bridgehead atoms. The van der Waals surface area contributed by atoms with E-state index in [0.29, 0.717) is 42.6 Å². The second kappa shape index (κ2) is 11.2. The summed E-state index contributed by atoms with van der Waals surface area (Å²) >= 11 is 6.22. The lowest BCUT2D eigenvalue weighted by Gasteiger charge is -2.37. The van der Waals surface area contributed by atoms with E-state index in [1.165, 1.54) is 17.7 Å². The molecule has 1 aliphatic heterocycles. The SMILES string of the molecule is CC(C)(C)c1ccc(OCC(=O)Nc2cc(Cl)ccc2N2CCN(C(=O)c3ccccc3F)CC2)cc1. The van der Waals surface area contributed by atoms with E-state index in [-0.39, 0.29) is 29.4 Å². The maximum Gasteiger partial charge on any atom is 0.262 e. The van der Waals surface area contributed by atoms with Crippen molar-refractivity contribution in [2.24, 2.45) is 0 Å². The van der Waals surface area contributed by atoms with E-state index in [1.54, 1.807) is 29.2 Å². The smallest absolute Gasteiger partial charge is 0.262 e. The highest BCUT2D eigenvalue weighted by molar-refractivity contribution is 6.31. The predicted octanol–water partition coefficient (Wildman–Crippen LogP) is 5.76. The Labute approximate surface area is 222 Å². The zero-order chi connectivity index (χ0) is 26.6. The number of anilines is 2. The molecule has 2 amide bonds. The maximum atomic E-state index is 14.1. The number of hydrogen-bond acceptors (Lipinski definition) is 4. The van der Waals surface area contributed by atoms with Gasteiger partial charge in [-0.1, -0.05) is 56.6 Å². The summed E-state index contributed by atoms with van der Waals surface area (Å²) in [5.41, 5.74) is 2.66. The second-order valence-corrected chi connectivity index (χ2v) is 10.5. The van der Waals surface area contributed by atoms with Gasteiger partial charge in [-0.15, -0.1) is 0 Å². The molecule has 0 radical (unpaired) electrons. The number of amides is 2. The lowest BCUT2D eigenvalue weighted by molar-refractivity contribution is -0.118. The van der Waals surface area contributed by atoms with Gasteiger partial charge in [-0.25, -0.2) is 4.39 Å². The molecule has 3 aromatic rings. The van der Waals surface area contributed by atoms with Crippen LogP contribution in [0.3, 0.4) is 0 Å². The minimum atomic E-state index is -0.523. The number of nitrogens with one attached hydrogen (secondary N) is 1. The van der Waals surface area contributed by atoms with Crippen molar-refractivity contribution >= 4 is 34.8 Å². The molecule has 0 spiro atoms. The number of halogens is 2. The molecular weight excluding hydrogens is 493 g/mol. The quantitative estimate of drug-likeness (QED) is 0.446. The molecule has 1 aliphatic rings. The van der Waals surface area contributed by atoms with Crippen LogP contribution >= 0.6 is 11.6 Å². The summed E-state index contributed by atoms with van der Waals surface area (Å²) < 4.78 is 19.7. The van der Waals surface area contributed by atoms with Gasteiger partial charge in [0, 0.05) is 31.2 Å². The van der Waals surface area contributed by atoms with E-state index in [0.717, 1.165) is 5.69 Å². The van der Waals surface area contributed by atoms with E-state index in [9.17, 15) is 14.0 Å². The predicted molar refractivity (Wildman–Crippen MR) is 145 cm³/mol. The van der Waals surface area contributed by atoms with Gasteiger partial charge in [0.1, 0.15) is 11.6 Å². The fraction of sp³-hybridized carbons (Fsp3) is 0.310. The van der Waals surface area contributed by atoms with Crippen molar-refractivity contribution in [2.75, 3.05) is 43.0 Å². The molecule has 1 saturated heterocycles. The van der Waals surface area contributed by atoms with Gasteiger partial charge in [0.25, 0.3) is 11.8 Å². The molecule has 0 aromatic heterocycles. The molecule has 194 valence electrons. The first-order chi connectivity index (χ1) is 17.6. The Morgan fingerprint density at radius 2 is 1.65 bits per heavy atom. The maximum absolute atomic E-state index is 14.1. The number of rotatable bonds is 6. The van der Waals surface area contributed by atoms with E-state index >= 15 is 0 Å². The number of piperazine rings is 1. The summed E-state index contributed by atoms with van der Waals surface area (Å²) in [6.07, 6.45) is 0. The molecule has 1 N–H and O–H groups in total. The van der Waals surface area contributed by atoms with Crippen LogP contribution in [0.5, 0.6) is 5.75 Å². The monoisotopic (exact) mass is 523 g/mol. The first-order valence-electron chi connectivity index (χ1n) is 12.2. The Bertz CT molecular complexity index is 1270. The molecule has 8 heteroatoms. The summed E-state index contributed by atoms with van der Waals surface area (Å²) in [4.78, 5) is 29.2. The summed E-state index contributed by atoms with van der Waals surface area (Å²) in [5, 5.41) is 3.39. The van der Waals surface area contributed by atoms with Crippen LogP contribution in [0.1, 0.15) is 36.7 Å². The molecule has 0 unspecified atom stereocenters. The van der Waals surface area contributed by atoms with Crippen LogP contribution in [0.2, 0.25) is 5.02 Å². The van der Waals surface area contributed by atoms with Gasteiger partial charge in [-0.05, 0) is 53.4 Å². The fourth-order valence-electron chi connectivity index (χ4n) is 4.23. The second-order valence-electron chi connectivity index (χ2n) is 10.0. The van der Waals surface area contributed by atoms with Crippen molar-refractivity contribution in [3.63, 3.8) is 0 Å². The summed E-state index contributed by atoms with van der Waals surface area (Å²) in [6, 6.07) is 19.0. The average Bonchev–Trinajstić information content (AvgIpc) is 2.87. The number of hydrogen-bond donors (Lipinski definition) is 1. The van der Waals surface area contributed by atoms with Gasteiger partial charge in [-0.2, -0.15) is 0 Å². The summed E-state index contributed by atoms with van der Waals surface area (Å²) in [6.45, 7) is 8.18. The number of carbonyl (C=O) groups excluding carboxylic acids is 2. The van der Waals surface area contributed by atoms with Crippen molar-refractivity contribution in [2.45, 2.75) is 26.2 Å². The third-order valence-electron chi connectivity index (χ3n) is 6.33. The molecule has 1 heterocycles. The van der Waals surface area contributed by atoms with Crippen LogP contribution in [0.4, 0.5) is 15.8 Å². The fourth-order valence-corrected chi connectivity index (χ4v) is 4.40. The van der Waals surface area contributed by atoms with Crippen molar-refractivity contribution < 1.29 is 18.7 Å². The first-order valence-corrected chi connectivity index (χ1v) is 12.6. The summed E-state index contributed by atoms with van der Waals surface area (Å²) in [7, 11) is 0. The number of carbonyl (C=O) groups is 2. The van der Waals surface area contributed by atoms with Gasteiger partial charge in [-0.3, -0.25) is 9.59 Å². The molecule has 3 aromatic carbocycles. The standard InChI is InChI=1S/C29H31ClFN3O3/c1-29(2,3)20-8-11-22(12-9-20)37-19-27(35)32-25-18-21(30)10-13-26(25)33-14-16-34(17-15-33)28(36)23-6-4-5-7-24(23)31/h4-13,18H,14-17,19H2,1-3H3,(H,32,35). The molecule has 0 atom stereocenters.